The van der Waals surface area contributed by atoms with E-state index in [0.29, 0.717) is 34.6 Å². The van der Waals surface area contributed by atoms with E-state index >= 15 is 0 Å². The van der Waals surface area contributed by atoms with Crippen molar-refractivity contribution in [1.82, 2.24) is 4.72 Å². The van der Waals surface area contributed by atoms with Gasteiger partial charge in [0, 0.05) is 16.5 Å². The molecule has 44 heavy (non-hydrogen) atoms. The monoisotopic (exact) mass is 614 g/mol. The van der Waals surface area contributed by atoms with Crippen LogP contribution in [-0.4, -0.2) is 43.3 Å². The summed E-state index contributed by atoms with van der Waals surface area (Å²) in [5.41, 5.74) is 0.646. The van der Waals surface area contributed by atoms with Gasteiger partial charge >= 0.3 is 5.97 Å². The number of anilines is 1. The predicted octanol–water partition coefficient (Wildman–Crippen LogP) is 7.43. The average Bonchev–Trinajstić information content (AvgIpc) is 3.05. The fourth-order valence-electron chi connectivity index (χ4n) is 4.89. The third-order valence-electron chi connectivity index (χ3n) is 7.26. The molecule has 10 heteroatoms. The highest BCUT2D eigenvalue weighted by Gasteiger charge is 2.23. The van der Waals surface area contributed by atoms with Crippen LogP contribution in [0.3, 0.4) is 0 Å². The summed E-state index contributed by atoms with van der Waals surface area (Å²) in [5.74, 6) is 1.92. The minimum absolute atomic E-state index is 0.0273. The first-order valence-electron chi connectivity index (χ1n) is 14.2. The fourth-order valence-corrected chi connectivity index (χ4v) is 5.73. The van der Waals surface area contributed by atoms with Crippen LogP contribution < -0.4 is 29.0 Å². The number of carbonyl (C=O) groups excluding carboxylic acids is 1. The second-order valence-electron chi connectivity index (χ2n) is 10.2. The lowest BCUT2D eigenvalue weighted by Crippen LogP contribution is -2.33. The van der Waals surface area contributed by atoms with Crippen LogP contribution in [0, 0.1) is 0 Å². The van der Waals surface area contributed by atoms with Gasteiger partial charge in [0.25, 0.3) is 5.91 Å². The molecule has 4 aromatic rings. The number of para-hydroxylation sites is 1. The third-order valence-corrected chi connectivity index (χ3v) is 8.20. The SMILES string of the molecule is COc1ccc(SNC2CCC(Oc3ccc(Oc4ccc(C(=O)Nc5ccccc5C(=O)O)cc4)cc3)CC2)cc1OC. The normalized spacial score (nSPS) is 16.0. The van der Waals surface area contributed by atoms with Crippen molar-refractivity contribution in [3.05, 3.63) is 102 Å². The van der Waals surface area contributed by atoms with Crippen LogP contribution >= 0.6 is 11.9 Å². The van der Waals surface area contributed by atoms with Crippen molar-refractivity contribution in [2.45, 2.75) is 42.7 Å². The van der Waals surface area contributed by atoms with Gasteiger partial charge in [-0.15, -0.1) is 0 Å². The van der Waals surface area contributed by atoms with Crippen molar-refractivity contribution < 1.29 is 33.6 Å². The summed E-state index contributed by atoms with van der Waals surface area (Å²) in [6.45, 7) is 0. The van der Waals surface area contributed by atoms with Gasteiger partial charge in [0.1, 0.15) is 17.2 Å². The number of carbonyl (C=O) groups is 2. The van der Waals surface area contributed by atoms with Crippen molar-refractivity contribution in [2.24, 2.45) is 0 Å². The van der Waals surface area contributed by atoms with E-state index in [4.69, 9.17) is 18.9 Å². The number of hydrogen-bond acceptors (Lipinski definition) is 8. The van der Waals surface area contributed by atoms with Gasteiger partial charge in [0.15, 0.2) is 11.5 Å². The Hall–Kier alpha value is -4.67. The number of ether oxygens (including phenoxy) is 4. The smallest absolute Gasteiger partial charge is 0.337 e. The van der Waals surface area contributed by atoms with E-state index in [-0.39, 0.29) is 17.4 Å². The Morgan fingerprint density at radius 2 is 1.41 bits per heavy atom. The zero-order valence-corrected chi connectivity index (χ0v) is 25.3. The molecule has 228 valence electrons. The molecule has 9 nitrogen and oxygen atoms in total. The number of rotatable bonds is 12. The van der Waals surface area contributed by atoms with Crippen molar-refractivity contribution in [1.29, 1.82) is 0 Å². The topological polar surface area (TPSA) is 115 Å². The molecule has 0 bridgehead atoms. The highest BCUT2D eigenvalue weighted by molar-refractivity contribution is 7.97. The van der Waals surface area contributed by atoms with Crippen molar-refractivity contribution >= 4 is 29.5 Å². The average molecular weight is 615 g/mol. The number of nitrogens with one attached hydrogen (secondary N) is 2. The molecule has 0 spiro atoms. The molecule has 0 aliphatic heterocycles. The molecule has 0 heterocycles. The largest absolute Gasteiger partial charge is 0.493 e. The second kappa shape index (κ2) is 14.7. The van der Waals surface area contributed by atoms with E-state index < -0.39 is 11.9 Å². The molecular weight excluding hydrogens is 580 g/mol. The van der Waals surface area contributed by atoms with E-state index in [2.05, 4.69) is 10.0 Å². The number of amides is 1. The number of hydrogen-bond donors (Lipinski definition) is 3. The van der Waals surface area contributed by atoms with E-state index in [9.17, 15) is 14.7 Å². The Balaban J connectivity index is 1.06. The molecule has 0 aromatic heterocycles. The van der Waals surface area contributed by atoms with Gasteiger partial charge in [-0.3, -0.25) is 9.52 Å². The molecule has 1 amide bonds. The number of carboxylic acid groups (broad SMARTS) is 1. The third kappa shape index (κ3) is 8.03. The summed E-state index contributed by atoms with van der Waals surface area (Å²) in [5, 5.41) is 12.0. The number of carboxylic acids is 1. The van der Waals surface area contributed by atoms with Crippen LogP contribution in [0.25, 0.3) is 0 Å². The molecule has 4 aromatic carbocycles. The van der Waals surface area contributed by atoms with Gasteiger partial charge in [-0.05, 0) is 116 Å². The first-order valence-corrected chi connectivity index (χ1v) is 15.1. The summed E-state index contributed by atoms with van der Waals surface area (Å²) >= 11 is 1.61. The Labute approximate surface area is 260 Å². The Kier molecular flexibility index (Phi) is 10.3. The first-order chi connectivity index (χ1) is 21.4. The van der Waals surface area contributed by atoms with Gasteiger partial charge in [-0.2, -0.15) is 0 Å². The highest BCUT2D eigenvalue weighted by Crippen LogP contribution is 2.33. The molecule has 0 unspecified atom stereocenters. The van der Waals surface area contributed by atoms with Gasteiger partial charge in [0.05, 0.1) is 31.6 Å². The van der Waals surface area contributed by atoms with Crippen molar-refractivity contribution in [3.63, 3.8) is 0 Å². The molecular formula is C34H34N2O7S. The molecule has 1 aliphatic carbocycles. The molecule has 1 aliphatic rings. The van der Waals surface area contributed by atoms with E-state index in [1.807, 2.05) is 42.5 Å². The summed E-state index contributed by atoms with van der Waals surface area (Å²) in [6, 6.07) is 26.7. The van der Waals surface area contributed by atoms with Crippen LogP contribution in [0.15, 0.2) is 95.9 Å². The Morgan fingerprint density at radius 3 is 2.07 bits per heavy atom. The molecule has 5 rings (SSSR count). The highest BCUT2D eigenvalue weighted by atomic mass is 32.2. The minimum Gasteiger partial charge on any atom is -0.493 e. The number of methoxy groups -OCH3 is 2. The lowest BCUT2D eigenvalue weighted by atomic mass is 9.94. The molecule has 3 N–H and O–H groups in total. The Morgan fingerprint density at radius 1 is 0.773 bits per heavy atom. The summed E-state index contributed by atoms with van der Waals surface area (Å²) in [6.07, 6.45) is 4.12. The van der Waals surface area contributed by atoms with E-state index in [1.165, 1.54) is 6.07 Å². The van der Waals surface area contributed by atoms with Crippen molar-refractivity contribution in [2.75, 3.05) is 19.5 Å². The van der Waals surface area contributed by atoms with Crippen LogP contribution in [0.1, 0.15) is 46.4 Å². The predicted molar refractivity (Wildman–Crippen MR) is 170 cm³/mol. The lowest BCUT2D eigenvalue weighted by molar-refractivity contribution is 0.0698. The van der Waals surface area contributed by atoms with Gasteiger partial charge in [-0.25, -0.2) is 4.79 Å². The van der Waals surface area contributed by atoms with Crippen LogP contribution in [0.5, 0.6) is 28.7 Å². The summed E-state index contributed by atoms with van der Waals surface area (Å²) in [7, 11) is 3.27. The second-order valence-corrected chi connectivity index (χ2v) is 11.1. The van der Waals surface area contributed by atoms with Crippen LogP contribution in [-0.2, 0) is 0 Å². The van der Waals surface area contributed by atoms with Crippen LogP contribution in [0.2, 0.25) is 0 Å². The van der Waals surface area contributed by atoms with Crippen LogP contribution in [0.4, 0.5) is 5.69 Å². The quantitative estimate of drug-likeness (QED) is 0.140. The first kappa shape index (κ1) is 30.8. The maximum absolute atomic E-state index is 12.6. The van der Waals surface area contributed by atoms with E-state index in [1.54, 1.807) is 68.6 Å². The minimum atomic E-state index is -1.11. The summed E-state index contributed by atoms with van der Waals surface area (Å²) in [4.78, 5) is 25.1. The maximum atomic E-state index is 12.6. The molecule has 1 saturated carbocycles. The maximum Gasteiger partial charge on any atom is 0.337 e. The van der Waals surface area contributed by atoms with Gasteiger partial charge < -0.3 is 29.4 Å². The Bertz CT molecular complexity index is 1570. The molecule has 1 fully saturated rings. The molecule has 0 radical (unpaired) electrons. The zero-order valence-electron chi connectivity index (χ0n) is 24.4. The lowest BCUT2D eigenvalue weighted by Gasteiger charge is -2.29. The number of benzene rings is 4. The molecule has 0 saturated heterocycles. The van der Waals surface area contributed by atoms with Gasteiger partial charge in [-0.1, -0.05) is 12.1 Å². The van der Waals surface area contributed by atoms with Gasteiger partial charge in [0.2, 0.25) is 0 Å². The molecule has 0 atom stereocenters. The summed E-state index contributed by atoms with van der Waals surface area (Å²) < 4.78 is 26.5. The number of aromatic carboxylic acids is 1. The van der Waals surface area contributed by atoms with E-state index in [0.717, 1.165) is 36.3 Å². The van der Waals surface area contributed by atoms with Crippen molar-refractivity contribution in [3.8, 4) is 28.7 Å². The fraction of sp³-hybridized carbons (Fsp3) is 0.235. The zero-order chi connectivity index (χ0) is 30.9. The standard InChI is InChI=1S/C34H34N2O7S/c1-40-31-20-19-28(21-32(31)41-2)44-36-23-9-13-25(14-10-23)43-27-17-15-26(16-18-27)42-24-11-7-22(8-12-24)33(37)35-30-6-4-3-5-29(30)34(38)39/h3-8,11-12,15-21,23,25,36H,9-10,13-14H2,1-2H3,(H,35,37)(H,38,39).